The number of hydrogen-bond donors (Lipinski definition) is 2. The first kappa shape index (κ1) is 21.1. The predicted octanol–water partition coefficient (Wildman–Crippen LogP) is 3.45. The van der Waals surface area contributed by atoms with E-state index in [4.69, 9.17) is 4.74 Å². The number of nitrogens with one attached hydrogen (secondary N) is 2. The van der Waals surface area contributed by atoms with Crippen LogP contribution in [0.25, 0.3) is 11.2 Å². The zero-order chi connectivity index (χ0) is 21.7. The molecule has 0 spiro atoms. The fourth-order valence-electron chi connectivity index (χ4n) is 2.81. The lowest BCUT2D eigenvalue weighted by Gasteiger charge is -2.13. The third-order valence-corrected chi connectivity index (χ3v) is 4.05. The topological polar surface area (TPSA) is 98.1 Å². The summed E-state index contributed by atoms with van der Waals surface area (Å²) in [5.41, 5.74) is 0.565. The van der Waals surface area contributed by atoms with Crippen molar-refractivity contribution in [1.29, 1.82) is 0 Å². The molecule has 8 nitrogen and oxygen atoms in total. The summed E-state index contributed by atoms with van der Waals surface area (Å²) >= 11 is 0. The van der Waals surface area contributed by atoms with E-state index in [1.165, 1.54) is 30.5 Å². The number of rotatable bonds is 6. The Kier molecular flexibility index (Phi) is 6.19. The Morgan fingerprint density at radius 1 is 1.17 bits per heavy atom. The minimum Gasteiger partial charge on any atom is -0.462 e. The van der Waals surface area contributed by atoms with Crippen LogP contribution in [0.15, 0.2) is 42.6 Å². The van der Waals surface area contributed by atoms with E-state index in [-0.39, 0.29) is 42.1 Å². The molecule has 2 aromatic heterocycles. The Bertz CT molecular complexity index is 1060. The molecule has 0 unspecified atom stereocenters. The van der Waals surface area contributed by atoms with Gasteiger partial charge in [0.2, 0.25) is 5.82 Å². The van der Waals surface area contributed by atoms with Gasteiger partial charge in [0.15, 0.2) is 5.65 Å². The highest BCUT2D eigenvalue weighted by Gasteiger charge is 2.37. The number of aromatic nitrogens is 3. The molecule has 3 aromatic rings. The van der Waals surface area contributed by atoms with E-state index >= 15 is 0 Å². The molecular formula is C19H18F3N5O3. The molecule has 0 aliphatic heterocycles. The first-order chi connectivity index (χ1) is 14.3. The number of pyridine rings is 1. The molecule has 2 N–H and O–H groups in total. The van der Waals surface area contributed by atoms with Gasteiger partial charge in [-0.25, -0.2) is 19.6 Å². The van der Waals surface area contributed by atoms with Gasteiger partial charge in [0, 0.05) is 19.3 Å². The molecule has 0 saturated carbocycles. The van der Waals surface area contributed by atoms with Crippen LogP contribution in [0.4, 0.5) is 23.7 Å². The van der Waals surface area contributed by atoms with Crippen LogP contribution < -0.4 is 10.6 Å². The lowest BCUT2D eigenvalue weighted by Crippen LogP contribution is -2.32. The Labute approximate surface area is 169 Å². The van der Waals surface area contributed by atoms with Crippen LogP contribution in [0.5, 0.6) is 0 Å². The van der Waals surface area contributed by atoms with Crippen LogP contribution in [-0.4, -0.2) is 39.7 Å². The maximum atomic E-state index is 13.3. The quantitative estimate of drug-likeness (QED) is 0.594. The molecule has 0 bridgehead atoms. The van der Waals surface area contributed by atoms with E-state index in [1.807, 2.05) is 0 Å². The molecule has 30 heavy (non-hydrogen) atoms. The SMILES string of the molecule is CCOC(=O)c1ccccc1NC(=O)NCCn1c(C(F)(F)F)nc2cccnc21. The number of ether oxygens (including phenoxy) is 1. The average molecular weight is 421 g/mol. The summed E-state index contributed by atoms with van der Waals surface area (Å²) in [6.45, 7) is 1.51. The molecule has 2 heterocycles. The number of hydrogen-bond acceptors (Lipinski definition) is 5. The number of anilines is 1. The number of halogens is 3. The molecule has 0 aliphatic rings. The van der Waals surface area contributed by atoms with Crippen molar-refractivity contribution in [3.05, 3.63) is 54.0 Å². The van der Waals surface area contributed by atoms with Gasteiger partial charge in [0.1, 0.15) is 5.52 Å². The lowest BCUT2D eigenvalue weighted by molar-refractivity contribution is -0.146. The van der Waals surface area contributed by atoms with Crippen LogP contribution >= 0.6 is 0 Å². The number of imidazole rings is 1. The van der Waals surface area contributed by atoms with E-state index in [2.05, 4.69) is 20.6 Å². The second kappa shape index (κ2) is 8.80. The van der Waals surface area contributed by atoms with Crippen molar-refractivity contribution in [3.8, 4) is 0 Å². The second-order valence-electron chi connectivity index (χ2n) is 6.08. The maximum Gasteiger partial charge on any atom is 0.449 e. The molecule has 0 radical (unpaired) electrons. The van der Waals surface area contributed by atoms with Crippen molar-refractivity contribution in [1.82, 2.24) is 19.9 Å². The van der Waals surface area contributed by atoms with E-state index in [0.717, 1.165) is 4.57 Å². The van der Waals surface area contributed by atoms with Gasteiger partial charge in [-0.05, 0) is 31.2 Å². The van der Waals surface area contributed by atoms with Gasteiger partial charge >= 0.3 is 18.2 Å². The molecule has 3 rings (SSSR count). The van der Waals surface area contributed by atoms with Crippen molar-refractivity contribution in [3.63, 3.8) is 0 Å². The Morgan fingerprint density at radius 2 is 1.93 bits per heavy atom. The number of carbonyl (C=O) groups is 2. The van der Waals surface area contributed by atoms with E-state index < -0.39 is 24.0 Å². The summed E-state index contributed by atoms with van der Waals surface area (Å²) in [7, 11) is 0. The van der Waals surface area contributed by atoms with Crippen molar-refractivity contribution in [2.45, 2.75) is 19.6 Å². The monoisotopic (exact) mass is 421 g/mol. The molecule has 0 atom stereocenters. The highest BCUT2D eigenvalue weighted by atomic mass is 19.4. The van der Waals surface area contributed by atoms with Crippen LogP contribution in [0.3, 0.4) is 0 Å². The highest BCUT2D eigenvalue weighted by Crippen LogP contribution is 2.30. The maximum absolute atomic E-state index is 13.3. The third-order valence-electron chi connectivity index (χ3n) is 4.05. The third kappa shape index (κ3) is 4.67. The smallest absolute Gasteiger partial charge is 0.449 e. The molecule has 11 heteroatoms. The van der Waals surface area contributed by atoms with Gasteiger partial charge in [-0.2, -0.15) is 13.2 Å². The first-order valence-electron chi connectivity index (χ1n) is 9.00. The summed E-state index contributed by atoms with van der Waals surface area (Å²) in [6, 6.07) is 8.49. The molecule has 0 aliphatic carbocycles. The molecule has 0 saturated heterocycles. The average Bonchev–Trinajstić information content (AvgIpc) is 3.08. The van der Waals surface area contributed by atoms with E-state index in [1.54, 1.807) is 19.1 Å². The molecule has 0 fully saturated rings. The summed E-state index contributed by atoms with van der Waals surface area (Å²) < 4.78 is 45.7. The fourth-order valence-corrected chi connectivity index (χ4v) is 2.81. The summed E-state index contributed by atoms with van der Waals surface area (Å²) in [4.78, 5) is 31.7. The largest absolute Gasteiger partial charge is 0.462 e. The van der Waals surface area contributed by atoms with Crippen LogP contribution in [0.2, 0.25) is 0 Å². The number of alkyl halides is 3. The number of carbonyl (C=O) groups excluding carboxylic acids is 2. The van der Waals surface area contributed by atoms with Gasteiger partial charge < -0.3 is 19.9 Å². The summed E-state index contributed by atoms with van der Waals surface area (Å²) in [5.74, 6) is -1.69. The fraction of sp³-hybridized carbons (Fsp3) is 0.263. The van der Waals surface area contributed by atoms with Gasteiger partial charge in [-0.15, -0.1) is 0 Å². The van der Waals surface area contributed by atoms with Crippen molar-refractivity contribution >= 4 is 28.9 Å². The normalized spacial score (nSPS) is 11.3. The summed E-state index contributed by atoms with van der Waals surface area (Å²) in [5, 5.41) is 4.96. The van der Waals surface area contributed by atoms with Gasteiger partial charge in [0.25, 0.3) is 0 Å². The van der Waals surface area contributed by atoms with Crippen molar-refractivity contribution < 1.29 is 27.5 Å². The number of esters is 1. The van der Waals surface area contributed by atoms with Crippen molar-refractivity contribution in [2.75, 3.05) is 18.5 Å². The Morgan fingerprint density at radius 3 is 2.67 bits per heavy atom. The molecule has 2 amide bonds. The van der Waals surface area contributed by atoms with E-state index in [9.17, 15) is 22.8 Å². The van der Waals surface area contributed by atoms with Crippen molar-refractivity contribution in [2.24, 2.45) is 0 Å². The van der Waals surface area contributed by atoms with Gasteiger partial charge in [0.05, 0.1) is 17.9 Å². The van der Waals surface area contributed by atoms with Crippen LogP contribution in [0, 0.1) is 0 Å². The zero-order valence-electron chi connectivity index (χ0n) is 15.9. The zero-order valence-corrected chi connectivity index (χ0v) is 15.9. The number of amides is 2. The van der Waals surface area contributed by atoms with Crippen LogP contribution in [0.1, 0.15) is 23.1 Å². The standard InChI is InChI=1S/C19H18F3N5O3/c1-2-30-16(28)12-6-3-4-7-13(12)26-18(29)24-10-11-27-15-14(8-5-9-23-15)25-17(27)19(20,21)22/h3-9H,2,10-11H2,1H3,(H2,24,26,29). The lowest BCUT2D eigenvalue weighted by atomic mass is 10.2. The number of fused-ring (bicyclic) bond motifs is 1. The molecular weight excluding hydrogens is 403 g/mol. The number of benzene rings is 1. The Hall–Kier alpha value is -3.63. The number of para-hydroxylation sites is 1. The number of nitrogens with zero attached hydrogens (tertiary/aromatic N) is 3. The predicted molar refractivity (Wildman–Crippen MR) is 102 cm³/mol. The minimum atomic E-state index is -4.67. The highest BCUT2D eigenvalue weighted by molar-refractivity contribution is 6.00. The van der Waals surface area contributed by atoms with Gasteiger partial charge in [-0.1, -0.05) is 12.1 Å². The first-order valence-corrected chi connectivity index (χ1v) is 9.00. The summed E-state index contributed by atoms with van der Waals surface area (Å²) in [6.07, 6.45) is -3.30. The second-order valence-corrected chi connectivity index (χ2v) is 6.08. The van der Waals surface area contributed by atoms with Crippen LogP contribution in [-0.2, 0) is 17.5 Å². The Balaban J connectivity index is 1.68. The molecule has 1 aromatic carbocycles. The number of urea groups is 1. The van der Waals surface area contributed by atoms with E-state index in [0.29, 0.717) is 0 Å². The minimum absolute atomic E-state index is 0.0692. The molecule has 158 valence electrons. The van der Waals surface area contributed by atoms with Gasteiger partial charge in [-0.3, -0.25) is 0 Å².